The average molecular weight is 323 g/mol. The van der Waals surface area contributed by atoms with E-state index in [1.807, 2.05) is 50.5 Å². The first kappa shape index (κ1) is 18.2. The molecular weight excluding hydrogens is 298 g/mol. The summed E-state index contributed by atoms with van der Waals surface area (Å²) < 4.78 is 0. The van der Waals surface area contributed by atoms with Crippen LogP contribution < -0.4 is 0 Å². The van der Waals surface area contributed by atoms with Crippen LogP contribution >= 0.6 is 0 Å². The van der Waals surface area contributed by atoms with Crippen molar-refractivity contribution < 1.29 is 5.11 Å². The summed E-state index contributed by atoms with van der Waals surface area (Å²) >= 11 is 0. The molecule has 1 atom stereocenters. The first-order valence-corrected chi connectivity index (χ1v) is 8.15. The maximum Gasteiger partial charge on any atom is 0.0991 e. The first-order chi connectivity index (χ1) is 11.6. The fourth-order valence-electron chi connectivity index (χ4n) is 2.85. The summed E-state index contributed by atoms with van der Waals surface area (Å²) in [6, 6.07) is 20.0. The SMILES string of the molecule is CN(Cc1ccccc1)CC(O)CN(C)Cc1cccc(C#N)c1. The third kappa shape index (κ3) is 6.13. The van der Waals surface area contributed by atoms with E-state index in [9.17, 15) is 5.11 Å². The number of aliphatic hydroxyl groups is 1. The maximum absolute atomic E-state index is 10.3. The Labute approximate surface area is 144 Å². The second kappa shape index (κ2) is 9.19. The molecule has 4 heteroatoms. The third-order valence-corrected chi connectivity index (χ3v) is 3.85. The Morgan fingerprint density at radius 3 is 2.12 bits per heavy atom. The van der Waals surface area contributed by atoms with Crippen molar-refractivity contribution in [3.63, 3.8) is 0 Å². The maximum atomic E-state index is 10.3. The monoisotopic (exact) mass is 323 g/mol. The van der Waals surface area contributed by atoms with Crippen LogP contribution in [0.4, 0.5) is 0 Å². The second-order valence-electron chi connectivity index (χ2n) is 6.35. The smallest absolute Gasteiger partial charge is 0.0991 e. The van der Waals surface area contributed by atoms with Crippen LogP contribution in [0.2, 0.25) is 0 Å². The van der Waals surface area contributed by atoms with E-state index >= 15 is 0 Å². The van der Waals surface area contributed by atoms with Crippen molar-refractivity contribution in [3.8, 4) is 6.07 Å². The summed E-state index contributed by atoms with van der Waals surface area (Å²) in [4.78, 5) is 4.21. The van der Waals surface area contributed by atoms with Crippen LogP contribution in [-0.4, -0.2) is 48.2 Å². The number of rotatable bonds is 8. The van der Waals surface area contributed by atoms with Gasteiger partial charge in [0.25, 0.3) is 0 Å². The number of nitrogens with zero attached hydrogens (tertiary/aromatic N) is 3. The van der Waals surface area contributed by atoms with E-state index < -0.39 is 6.10 Å². The highest BCUT2D eigenvalue weighted by Crippen LogP contribution is 2.08. The number of hydrogen-bond donors (Lipinski definition) is 1. The second-order valence-corrected chi connectivity index (χ2v) is 6.35. The Hall–Kier alpha value is -2.19. The standard InChI is InChI=1S/C20H25N3O/c1-22(13-17-7-4-3-5-8-17)15-20(24)16-23(2)14-19-10-6-9-18(11-19)12-21/h3-11,20,24H,13-16H2,1-2H3. The van der Waals surface area contributed by atoms with Crippen LogP contribution in [0.25, 0.3) is 0 Å². The van der Waals surface area contributed by atoms with Crippen molar-refractivity contribution in [2.75, 3.05) is 27.2 Å². The van der Waals surface area contributed by atoms with Crippen molar-refractivity contribution in [3.05, 3.63) is 71.3 Å². The summed E-state index contributed by atoms with van der Waals surface area (Å²) in [6.07, 6.45) is -0.414. The number of benzene rings is 2. The number of nitriles is 1. The first-order valence-electron chi connectivity index (χ1n) is 8.15. The molecular formula is C20H25N3O. The third-order valence-electron chi connectivity index (χ3n) is 3.85. The molecule has 0 heterocycles. The molecule has 0 aliphatic rings. The highest BCUT2D eigenvalue weighted by Gasteiger charge is 2.12. The van der Waals surface area contributed by atoms with E-state index in [-0.39, 0.29) is 0 Å². The Kier molecular flexibility index (Phi) is 6.95. The van der Waals surface area contributed by atoms with Gasteiger partial charge in [0, 0.05) is 26.2 Å². The van der Waals surface area contributed by atoms with Crippen LogP contribution in [0.15, 0.2) is 54.6 Å². The van der Waals surface area contributed by atoms with Gasteiger partial charge < -0.3 is 5.11 Å². The largest absolute Gasteiger partial charge is 0.390 e. The summed E-state index contributed by atoms with van der Waals surface area (Å²) in [7, 11) is 4.01. The van der Waals surface area contributed by atoms with Gasteiger partial charge in [-0.1, -0.05) is 42.5 Å². The fourth-order valence-corrected chi connectivity index (χ4v) is 2.85. The molecule has 1 N–H and O–H groups in total. The van der Waals surface area contributed by atoms with Gasteiger partial charge in [-0.05, 0) is 37.4 Å². The molecule has 0 fully saturated rings. The van der Waals surface area contributed by atoms with E-state index in [0.717, 1.165) is 18.7 Å². The lowest BCUT2D eigenvalue weighted by molar-refractivity contribution is 0.0868. The Bertz CT molecular complexity index is 666. The highest BCUT2D eigenvalue weighted by atomic mass is 16.3. The predicted octanol–water partition coefficient (Wildman–Crippen LogP) is 2.48. The van der Waals surface area contributed by atoms with Gasteiger partial charge in [-0.15, -0.1) is 0 Å². The lowest BCUT2D eigenvalue weighted by Gasteiger charge is -2.25. The zero-order valence-corrected chi connectivity index (χ0v) is 14.4. The van der Waals surface area contributed by atoms with Crippen molar-refractivity contribution in [1.82, 2.24) is 9.80 Å². The van der Waals surface area contributed by atoms with Crippen LogP contribution in [0.5, 0.6) is 0 Å². The summed E-state index contributed by atoms with van der Waals surface area (Å²) in [6.45, 7) is 2.76. The molecule has 0 amide bonds. The van der Waals surface area contributed by atoms with Gasteiger partial charge >= 0.3 is 0 Å². The van der Waals surface area contributed by atoms with Gasteiger partial charge in [0.05, 0.1) is 17.7 Å². The van der Waals surface area contributed by atoms with E-state index in [1.54, 1.807) is 6.07 Å². The van der Waals surface area contributed by atoms with Crippen molar-refractivity contribution in [1.29, 1.82) is 5.26 Å². The van der Waals surface area contributed by atoms with Crippen LogP contribution in [0, 0.1) is 11.3 Å². The minimum Gasteiger partial charge on any atom is -0.390 e. The predicted molar refractivity (Wildman–Crippen MR) is 96.3 cm³/mol. The average Bonchev–Trinajstić information content (AvgIpc) is 2.55. The quantitative estimate of drug-likeness (QED) is 0.811. The van der Waals surface area contributed by atoms with Crippen LogP contribution in [-0.2, 0) is 13.1 Å². The minimum atomic E-state index is -0.414. The molecule has 0 spiro atoms. The number of likely N-dealkylation sites (N-methyl/N-ethyl adjacent to an activating group) is 2. The summed E-state index contributed by atoms with van der Waals surface area (Å²) in [5, 5.41) is 19.3. The Balaban J connectivity index is 1.78. The van der Waals surface area contributed by atoms with Crippen molar-refractivity contribution in [2.45, 2.75) is 19.2 Å². The topological polar surface area (TPSA) is 50.5 Å². The van der Waals surface area contributed by atoms with Crippen molar-refractivity contribution >= 4 is 0 Å². The molecule has 4 nitrogen and oxygen atoms in total. The lowest BCUT2D eigenvalue weighted by Crippen LogP contribution is -2.37. The molecule has 1 unspecified atom stereocenters. The molecule has 0 saturated heterocycles. The molecule has 2 rings (SSSR count). The number of hydrogen-bond acceptors (Lipinski definition) is 4. The molecule has 24 heavy (non-hydrogen) atoms. The normalized spacial score (nSPS) is 12.3. The van der Waals surface area contributed by atoms with Gasteiger partial charge in [0.2, 0.25) is 0 Å². The zero-order valence-electron chi connectivity index (χ0n) is 14.4. The van der Waals surface area contributed by atoms with E-state index in [2.05, 4.69) is 28.0 Å². The van der Waals surface area contributed by atoms with Gasteiger partial charge in [0.15, 0.2) is 0 Å². The molecule has 0 aliphatic carbocycles. The van der Waals surface area contributed by atoms with Gasteiger partial charge in [0.1, 0.15) is 0 Å². The molecule has 0 aliphatic heterocycles. The van der Waals surface area contributed by atoms with E-state index in [1.165, 1.54) is 5.56 Å². The Morgan fingerprint density at radius 2 is 1.50 bits per heavy atom. The molecule has 2 aromatic rings. The summed E-state index contributed by atoms with van der Waals surface area (Å²) in [5.74, 6) is 0. The molecule has 0 radical (unpaired) electrons. The zero-order chi connectivity index (χ0) is 17.4. The van der Waals surface area contributed by atoms with E-state index in [4.69, 9.17) is 5.26 Å². The molecule has 0 aromatic heterocycles. The van der Waals surface area contributed by atoms with Gasteiger partial charge in [-0.3, -0.25) is 9.80 Å². The van der Waals surface area contributed by atoms with Gasteiger partial charge in [-0.2, -0.15) is 5.26 Å². The summed E-state index contributed by atoms with van der Waals surface area (Å²) in [5.41, 5.74) is 3.00. The van der Waals surface area contributed by atoms with Crippen LogP contribution in [0.3, 0.4) is 0 Å². The fraction of sp³-hybridized carbons (Fsp3) is 0.350. The van der Waals surface area contributed by atoms with E-state index in [0.29, 0.717) is 18.7 Å². The minimum absolute atomic E-state index is 0.414. The number of aliphatic hydroxyl groups excluding tert-OH is 1. The lowest BCUT2D eigenvalue weighted by atomic mass is 10.1. The van der Waals surface area contributed by atoms with Gasteiger partial charge in [-0.25, -0.2) is 0 Å². The highest BCUT2D eigenvalue weighted by molar-refractivity contribution is 5.32. The van der Waals surface area contributed by atoms with Crippen LogP contribution in [0.1, 0.15) is 16.7 Å². The van der Waals surface area contributed by atoms with Crippen molar-refractivity contribution in [2.24, 2.45) is 0 Å². The molecule has 2 aromatic carbocycles. The Morgan fingerprint density at radius 1 is 0.917 bits per heavy atom. The molecule has 0 saturated carbocycles. The molecule has 0 bridgehead atoms. The molecule has 126 valence electrons.